The Bertz CT molecular complexity index is 324. The van der Waals surface area contributed by atoms with E-state index in [0.29, 0.717) is 5.92 Å². The average Bonchev–Trinajstić information content (AvgIpc) is 2.25. The highest BCUT2D eigenvalue weighted by Crippen LogP contribution is 2.14. The van der Waals surface area contributed by atoms with Gasteiger partial charge < -0.3 is 0 Å². The second kappa shape index (κ2) is 6.30. The van der Waals surface area contributed by atoms with Gasteiger partial charge >= 0.3 is 0 Å². The largest absolute Gasteiger partial charge is 0.0945 e. The van der Waals surface area contributed by atoms with Gasteiger partial charge in [0, 0.05) is 11.5 Å². The van der Waals surface area contributed by atoms with Crippen molar-refractivity contribution in [1.82, 2.24) is 0 Å². The molecular formula is C15H20. The fourth-order valence-electron chi connectivity index (χ4n) is 1.60. The Morgan fingerprint density at radius 3 is 2.33 bits per heavy atom. The first-order valence-corrected chi connectivity index (χ1v) is 5.79. The van der Waals surface area contributed by atoms with Gasteiger partial charge in [-0.2, -0.15) is 0 Å². The molecule has 1 rings (SSSR count). The molecule has 0 heterocycles. The van der Waals surface area contributed by atoms with Crippen molar-refractivity contribution >= 4 is 0 Å². The molecule has 0 saturated heterocycles. The van der Waals surface area contributed by atoms with Crippen molar-refractivity contribution in [2.24, 2.45) is 11.8 Å². The summed E-state index contributed by atoms with van der Waals surface area (Å²) >= 11 is 0. The standard InChI is InChI=1S/C15H20/c1-4-14(12-13(2)3)10-11-15-8-6-5-7-9-15/h5-9,13-14H,4,12H2,1-3H3/t14-/m0/s1. The molecule has 0 N–H and O–H groups in total. The van der Waals surface area contributed by atoms with Gasteiger partial charge in [-0.15, -0.1) is 0 Å². The van der Waals surface area contributed by atoms with E-state index in [1.807, 2.05) is 18.2 Å². The van der Waals surface area contributed by atoms with Gasteiger partial charge in [-0.05, 0) is 30.9 Å². The minimum atomic E-state index is 0.546. The number of benzene rings is 1. The van der Waals surface area contributed by atoms with Crippen LogP contribution in [0.5, 0.6) is 0 Å². The molecule has 0 unspecified atom stereocenters. The van der Waals surface area contributed by atoms with Gasteiger partial charge in [0.15, 0.2) is 0 Å². The first-order chi connectivity index (χ1) is 7.22. The molecular weight excluding hydrogens is 180 g/mol. The summed E-state index contributed by atoms with van der Waals surface area (Å²) in [6.45, 7) is 6.73. The highest BCUT2D eigenvalue weighted by Gasteiger charge is 2.04. The summed E-state index contributed by atoms with van der Waals surface area (Å²) in [5, 5.41) is 0. The van der Waals surface area contributed by atoms with Crippen molar-refractivity contribution < 1.29 is 0 Å². The van der Waals surface area contributed by atoms with Crippen molar-refractivity contribution in [3.63, 3.8) is 0 Å². The topological polar surface area (TPSA) is 0 Å². The summed E-state index contributed by atoms with van der Waals surface area (Å²) in [6, 6.07) is 10.2. The van der Waals surface area contributed by atoms with Crippen molar-refractivity contribution in [1.29, 1.82) is 0 Å². The third-order valence-corrected chi connectivity index (χ3v) is 2.44. The summed E-state index contributed by atoms with van der Waals surface area (Å²) < 4.78 is 0. The molecule has 0 spiro atoms. The van der Waals surface area contributed by atoms with Crippen LogP contribution in [0.1, 0.15) is 39.2 Å². The van der Waals surface area contributed by atoms with Gasteiger partial charge in [-0.1, -0.05) is 50.8 Å². The highest BCUT2D eigenvalue weighted by atomic mass is 14.1. The second-order valence-electron chi connectivity index (χ2n) is 4.37. The Labute approximate surface area is 93.7 Å². The van der Waals surface area contributed by atoms with Crippen molar-refractivity contribution in [3.8, 4) is 11.8 Å². The highest BCUT2D eigenvalue weighted by molar-refractivity contribution is 5.34. The van der Waals surface area contributed by atoms with E-state index >= 15 is 0 Å². The fourth-order valence-corrected chi connectivity index (χ4v) is 1.60. The molecule has 1 atom stereocenters. The summed E-state index contributed by atoms with van der Waals surface area (Å²) in [4.78, 5) is 0. The molecule has 0 bridgehead atoms. The Hall–Kier alpha value is -1.22. The van der Waals surface area contributed by atoms with Gasteiger partial charge in [0.25, 0.3) is 0 Å². The molecule has 0 heteroatoms. The molecule has 0 saturated carbocycles. The SMILES string of the molecule is CC[C@@H](C#Cc1ccccc1)CC(C)C. The van der Waals surface area contributed by atoms with Gasteiger partial charge in [-0.3, -0.25) is 0 Å². The first-order valence-electron chi connectivity index (χ1n) is 5.79. The lowest BCUT2D eigenvalue weighted by molar-refractivity contribution is 0.477. The molecule has 0 aliphatic rings. The third-order valence-electron chi connectivity index (χ3n) is 2.44. The van der Waals surface area contributed by atoms with Gasteiger partial charge in [0.1, 0.15) is 0 Å². The van der Waals surface area contributed by atoms with Gasteiger partial charge in [-0.25, -0.2) is 0 Å². The van der Waals surface area contributed by atoms with E-state index in [-0.39, 0.29) is 0 Å². The van der Waals surface area contributed by atoms with Crippen molar-refractivity contribution in [3.05, 3.63) is 35.9 Å². The van der Waals surface area contributed by atoms with E-state index in [2.05, 4.69) is 44.7 Å². The van der Waals surface area contributed by atoms with Crippen LogP contribution in [0.15, 0.2) is 30.3 Å². The smallest absolute Gasteiger partial charge is 0.0245 e. The molecule has 0 nitrogen and oxygen atoms in total. The second-order valence-corrected chi connectivity index (χ2v) is 4.37. The predicted octanol–water partition coefficient (Wildman–Crippen LogP) is 4.11. The third kappa shape index (κ3) is 4.70. The first kappa shape index (κ1) is 11.9. The predicted molar refractivity (Wildman–Crippen MR) is 66.6 cm³/mol. The van der Waals surface area contributed by atoms with E-state index in [0.717, 1.165) is 17.9 Å². The van der Waals surface area contributed by atoms with E-state index in [1.165, 1.54) is 6.42 Å². The van der Waals surface area contributed by atoms with E-state index in [9.17, 15) is 0 Å². The molecule has 0 aliphatic carbocycles. The van der Waals surface area contributed by atoms with Crippen LogP contribution in [-0.2, 0) is 0 Å². The Kier molecular flexibility index (Phi) is 4.98. The summed E-state index contributed by atoms with van der Waals surface area (Å²) in [5.74, 6) is 7.90. The summed E-state index contributed by atoms with van der Waals surface area (Å²) in [6.07, 6.45) is 2.36. The number of rotatable bonds is 3. The van der Waals surface area contributed by atoms with Crippen molar-refractivity contribution in [2.45, 2.75) is 33.6 Å². The normalized spacial score (nSPS) is 12.0. The zero-order valence-corrected chi connectivity index (χ0v) is 9.96. The van der Waals surface area contributed by atoms with Crippen LogP contribution in [0.25, 0.3) is 0 Å². The molecule has 0 amide bonds. The molecule has 0 aliphatic heterocycles. The summed E-state index contributed by atoms with van der Waals surface area (Å²) in [5.41, 5.74) is 1.12. The maximum Gasteiger partial charge on any atom is 0.0245 e. The monoisotopic (exact) mass is 200 g/mol. The molecule has 0 aromatic heterocycles. The zero-order valence-electron chi connectivity index (χ0n) is 9.96. The quantitative estimate of drug-likeness (QED) is 0.644. The van der Waals surface area contributed by atoms with Crippen LogP contribution in [-0.4, -0.2) is 0 Å². The number of hydrogen-bond donors (Lipinski definition) is 0. The van der Waals surface area contributed by atoms with Crippen LogP contribution < -0.4 is 0 Å². The van der Waals surface area contributed by atoms with Crippen LogP contribution >= 0.6 is 0 Å². The minimum absolute atomic E-state index is 0.546. The van der Waals surface area contributed by atoms with Crippen LogP contribution in [0.3, 0.4) is 0 Å². The summed E-state index contributed by atoms with van der Waals surface area (Å²) in [7, 11) is 0. The van der Waals surface area contributed by atoms with Gasteiger partial charge in [0.05, 0.1) is 0 Å². The van der Waals surface area contributed by atoms with Crippen LogP contribution in [0.4, 0.5) is 0 Å². The van der Waals surface area contributed by atoms with Crippen molar-refractivity contribution in [2.75, 3.05) is 0 Å². The molecule has 0 fully saturated rings. The lowest BCUT2D eigenvalue weighted by Gasteiger charge is -2.09. The molecule has 0 radical (unpaired) electrons. The lowest BCUT2D eigenvalue weighted by atomic mass is 9.95. The van der Waals surface area contributed by atoms with Crippen LogP contribution in [0, 0.1) is 23.7 Å². The van der Waals surface area contributed by atoms with E-state index in [1.54, 1.807) is 0 Å². The van der Waals surface area contributed by atoms with E-state index < -0.39 is 0 Å². The average molecular weight is 200 g/mol. The zero-order chi connectivity index (χ0) is 11.1. The molecule has 15 heavy (non-hydrogen) atoms. The lowest BCUT2D eigenvalue weighted by Crippen LogP contribution is -2.00. The molecule has 1 aromatic rings. The van der Waals surface area contributed by atoms with Crippen LogP contribution in [0.2, 0.25) is 0 Å². The maximum absolute atomic E-state index is 3.37. The maximum atomic E-state index is 3.37. The van der Waals surface area contributed by atoms with E-state index in [4.69, 9.17) is 0 Å². The Morgan fingerprint density at radius 1 is 1.13 bits per heavy atom. The Balaban J connectivity index is 2.62. The Morgan fingerprint density at radius 2 is 1.80 bits per heavy atom. The fraction of sp³-hybridized carbons (Fsp3) is 0.467. The minimum Gasteiger partial charge on any atom is -0.0945 e. The molecule has 1 aromatic carbocycles. The number of hydrogen-bond acceptors (Lipinski definition) is 0. The van der Waals surface area contributed by atoms with Gasteiger partial charge in [0.2, 0.25) is 0 Å². The molecule has 80 valence electrons.